The summed E-state index contributed by atoms with van der Waals surface area (Å²) in [5.41, 5.74) is 1.15. The van der Waals surface area contributed by atoms with Crippen LogP contribution >= 0.6 is 136 Å². The molecule has 20 heavy (non-hydrogen) atoms. The monoisotopic (exact) mass is 947 g/mol. The van der Waals surface area contributed by atoms with E-state index in [-0.39, 0.29) is 7.35 Å². The summed E-state index contributed by atoms with van der Waals surface area (Å²) < 4.78 is -1.43. The van der Waals surface area contributed by atoms with Gasteiger partial charge in [0.1, 0.15) is 2.86 Å². The molecule has 1 aliphatic carbocycles. The summed E-state index contributed by atoms with van der Waals surface area (Å²) >= 11 is 13.7. The fourth-order valence-electron chi connectivity index (χ4n) is 2.33. The van der Waals surface area contributed by atoms with Crippen molar-refractivity contribution in [1.29, 1.82) is 0 Å². The summed E-state index contributed by atoms with van der Waals surface area (Å²) in [6.45, 7) is 0. The molecule has 0 spiro atoms. The first kappa shape index (κ1) is 19.8. The van der Waals surface area contributed by atoms with Crippen LogP contribution in [0.5, 0.6) is 0 Å². The van der Waals surface area contributed by atoms with Crippen LogP contribution < -0.4 is 0 Å². The molecule has 1 unspecified atom stereocenters. The molecule has 0 radical (unpaired) electrons. The minimum atomic E-state index is -1.76. The third kappa shape index (κ3) is 3.41. The lowest BCUT2D eigenvalue weighted by molar-refractivity contribution is -0.173. The van der Waals surface area contributed by atoms with E-state index in [1.54, 1.807) is 0 Å². The summed E-state index contributed by atoms with van der Waals surface area (Å²) in [5.74, 6) is -1.73. The van der Waals surface area contributed by atoms with Gasteiger partial charge in [-0.25, -0.2) is 0 Å². The third-order valence-electron chi connectivity index (χ3n) is 3.35. The van der Waals surface area contributed by atoms with Gasteiger partial charge in [-0.3, -0.25) is 0 Å². The molecule has 2 nitrogen and oxygen atoms in total. The molecule has 8 heteroatoms. The van der Waals surface area contributed by atoms with Crippen LogP contribution in [0.1, 0.15) is 17.9 Å². The largest absolute Gasteiger partial charge is 0.362 e. The zero-order chi connectivity index (χ0) is 15.4. The van der Waals surface area contributed by atoms with Crippen LogP contribution in [-0.4, -0.2) is 20.3 Å². The molecule has 1 aromatic carbocycles. The Balaban J connectivity index is 2.61. The Morgan fingerprint density at radius 2 is 1.40 bits per heavy atom. The van der Waals surface area contributed by atoms with Gasteiger partial charge in [0.25, 0.3) is 0 Å². The van der Waals surface area contributed by atoms with Gasteiger partial charge in [-0.2, -0.15) is 0 Å². The average Bonchev–Trinajstić information content (AvgIpc) is 2.26. The Bertz CT molecular complexity index is 500. The normalized spacial score (nSPS) is 29.9. The highest BCUT2D eigenvalue weighted by Gasteiger charge is 2.70. The highest BCUT2D eigenvalue weighted by molar-refractivity contribution is 14.2. The van der Waals surface area contributed by atoms with Crippen molar-refractivity contribution < 1.29 is 10.2 Å². The van der Waals surface area contributed by atoms with Crippen LogP contribution in [0.2, 0.25) is 0 Å². The van der Waals surface area contributed by atoms with Crippen molar-refractivity contribution in [3.8, 4) is 0 Å². The molecule has 1 aliphatic rings. The van der Waals surface area contributed by atoms with Gasteiger partial charge in [0, 0.05) is 12.3 Å². The predicted octanol–water partition coefficient (Wildman–Crippen LogP) is 5.55. The Morgan fingerprint density at radius 3 is 1.90 bits per heavy atom. The molecule has 1 aromatic rings. The van der Waals surface area contributed by atoms with Gasteiger partial charge in [-0.05, 0) is 5.56 Å². The number of alkyl halides is 6. The molecule has 1 fully saturated rings. The minimum Gasteiger partial charge on any atom is -0.362 e. The van der Waals surface area contributed by atoms with E-state index in [9.17, 15) is 10.2 Å². The van der Waals surface area contributed by atoms with Gasteiger partial charge in [0.15, 0.2) is 0 Å². The van der Waals surface area contributed by atoms with E-state index in [2.05, 4.69) is 148 Å². The first-order valence-electron chi connectivity index (χ1n) is 5.56. The summed E-state index contributed by atoms with van der Waals surface area (Å²) in [7, 11) is 0. The number of rotatable bonds is 1. The van der Waals surface area contributed by atoms with Crippen LogP contribution in [0.15, 0.2) is 30.3 Å². The zero-order valence-electron chi connectivity index (χ0n) is 9.83. The van der Waals surface area contributed by atoms with E-state index in [1.165, 1.54) is 0 Å². The van der Waals surface area contributed by atoms with Crippen molar-refractivity contribution in [1.82, 2.24) is 0 Å². The minimum absolute atomic E-state index is 0.0336. The molecule has 1 atom stereocenters. The second kappa shape index (κ2) is 6.68. The Labute approximate surface area is 200 Å². The van der Waals surface area contributed by atoms with Crippen LogP contribution in [-0.2, 0) is 0 Å². The van der Waals surface area contributed by atoms with Gasteiger partial charge in [-0.1, -0.05) is 166 Å². The van der Waals surface area contributed by atoms with Crippen molar-refractivity contribution in [3.63, 3.8) is 0 Å². The zero-order valence-corrected chi connectivity index (χ0v) is 22.8. The van der Waals surface area contributed by atoms with Crippen LogP contribution in [0.3, 0.4) is 0 Å². The Hall–Kier alpha value is 3.52. The summed E-state index contributed by atoms with van der Waals surface area (Å²) in [4.78, 5) is 0. The standard InChI is InChI=1S/C12H10I6O2/c13-9(14)6-10(15,16)12(19,20)11(17,18)8(9)7-4-2-1-3-5-7/h1-5,8,19-20H,6H2. The lowest BCUT2D eigenvalue weighted by atomic mass is 9.80. The molecule has 1 saturated carbocycles. The van der Waals surface area contributed by atoms with E-state index in [0.29, 0.717) is 6.42 Å². The number of hydrogen-bond donors (Lipinski definition) is 2. The maximum atomic E-state index is 10.8. The molecule has 0 saturated heterocycles. The fraction of sp³-hybridized carbons (Fsp3) is 0.500. The quantitative estimate of drug-likeness (QED) is 0.221. The third-order valence-corrected chi connectivity index (χ3v) is 10.4. The van der Waals surface area contributed by atoms with E-state index in [0.717, 1.165) is 5.56 Å². The smallest absolute Gasteiger partial charge is 0.212 e. The second-order valence-corrected chi connectivity index (χ2v) is 21.9. The molecule has 0 amide bonds. The molecule has 2 N–H and O–H groups in total. The maximum absolute atomic E-state index is 10.8. The highest BCUT2D eigenvalue weighted by atomic mass is 127. The summed E-state index contributed by atoms with van der Waals surface area (Å²) in [6.07, 6.45) is 0.711. The van der Waals surface area contributed by atoms with Gasteiger partial charge < -0.3 is 10.2 Å². The van der Waals surface area contributed by atoms with Gasteiger partial charge >= 0.3 is 0 Å². The number of benzene rings is 1. The lowest BCUT2D eigenvalue weighted by Crippen LogP contribution is -2.67. The van der Waals surface area contributed by atoms with E-state index in [1.807, 2.05) is 18.2 Å². The highest BCUT2D eigenvalue weighted by Crippen LogP contribution is 2.70. The van der Waals surface area contributed by atoms with Gasteiger partial charge in [0.2, 0.25) is 5.79 Å². The first-order chi connectivity index (χ1) is 8.93. The molecule has 0 bridgehead atoms. The number of aliphatic hydroxyl groups is 2. The SMILES string of the molecule is OC1(O)C(I)(I)CC(I)(I)C(c2ccccc2)C1(I)I. The lowest BCUT2D eigenvalue weighted by Gasteiger charge is -2.56. The molecular formula is C12H10I6O2. The van der Waals surface area contributed by atoms with Crippen LogP contribution in [0, 0.1) is 0 Å². The first-order valence-corrected chi connectivity index (χ1v) is 12.0. The van der Waals surface area contributed by atoms with Crippen LogP contribution in [0.4, 0.5) is 0 Å². The number of hydrogen-bond acceptors (Lipinski definition) is 2. The molecule has 0 aromatic heterocycles. The van der Waals surface area contributed by atoms with Gasteiger partial charge in [-0.15, -0.1) is 0 Å². The average molecular weight is 948 g/mol. The summed E-state index contributed by atoms with van der Waals surface area (Å²) in [6, 6.07) is 10.2. The van der Waals surface area contributed by atoms with Gasteiger partial charge in [0.05, 0.1) is 1.43 Å². The second-order valence-electron chi connectivity index (χ2n) is 4.78. The molecule has 0 aliphatic heterocycles. The van der Waals surface area contributed by atoms with Crippen molar-refractivity contribution >= 4 is 136 Å². The topological polar surface area (TPSA) is 40.5 Å². The predicted molar refractivity (Wildman–Crippen MR) is 133 cm³/mol. The van der Waals surface area contributed by atoms with E-state index in [4.69, 9.17) is 0 Å². The van der Waals surface area contributed by atoms with E-state index >= 15 is 0 Å². The maximum Gasteiger partial charge on any atom is 0.212 e. The van der Waals surface area contributed by atoms with Crippen molar-refractivity contribution in [2.75, 3.05) is 0 Å². The van der Waals surface area contributed by atoms with Crippen molar-refractivity contribution in [3.05, 3.63) is 35.9 Å². The Morgan fingerprint density at radius 1 is 0.900 bits per heavy atom. The molecule has 2 rings (SSSR count). The fourth-order valence-corrected chi connectivity index (χ4v) is 17.3. The number of halogens is 6. The molecular weight excluding hydrogens is 938 g/mol. The summed E-state index contributed by atoms with van der Waals surface area (Å²) in [5, 5.41) is 21.6. The van der Waals surface area contributed by atoms with E-state index < -0.39 is 8.64 Å². The van der Waals surface area contributed by atoms with Crippen LogP contribution in [0.25, 0.3) is 0 Å². The van der Waals surface area contributed by atoms with Crippen molar-refractivity contribution in [2.45, 2.75) is 22.4 Å². The van der Waals surface area contributed by atoms with Crippen molar-refractivity contribution in [2.24, 2.45) is 0 Å². The molecule has 0 heterocycles. The Kier molecular flexibility index (Phi) is 6.62. The molecule has 112 valence electrons.